The molecular formula is C9H16O. The summed E-state index contributed by atoms with van der Waals surface area (Å²) in [6.45, 7) is 6.88. The van der Waals surface area contributed by atoms with E-state index in [1.54, 1.807) is 0 Å². The van der Waals surface area contributed by atoms with Gasteiger partial charge in [-0.05, 0) is 25.2 Å². The van der Waals surface area contributed by atoms with E-state index in [0.717, 1.165) is 18.9 Å². The van der Waals surface area contributed by atoms with Crippen molar-refractivity contribution in [2.45, 2.75) is 32.3 Å². The van der Waals surface area contributed by atoms with Crippen LogP contribution < -0.4 is 0 Å². The van der Waals surface area contributed by atoms with Crippen LogP contribution in [0.3, 0.4) is 0 Å². The Morgan fingerprint density at radius 3 is 2.90 bits per heavy atom. The Kier molecular flexibility index (Phi) is 2.94. The third kappa shape index (κ3) is 2.14. The van der Waals surface area contributed by atoms with Crippen molar-refractivity contribution >= 4 is 0 Å². The molecule has 2 atom stereocenters. The van der Waals surface area contributed by atoms with E-state index in [1.165, 1.54) is 12.8 Å². The summed E-state index contributed by atoms with van der Waals surface area (Å²) >= 11 is 0. The molecule has 0 aromatic rings. The third-order valence-electron chi connectivity index (χ3n) is 2.03. The zero-order chi connectivity index (χ0) is 7.40. The van der Waals surface area contributed by atoms with E-state index < -0.39 is 0 Å². The lowest BCUT2D eigenvalue weighted by Crippen LogP contribution is -2.23. The van der Waals surface area contributed by atoms with Gasteiger partial charge in [-0.1, -0.05) is 13.0 Å². The van der Waals surface area contributed by atoms with Gasteiger partial charge in [0.15, 0.2) is 0 Å². The van der Waals surface area contributed by atoms with Gasteiger partial charge in [0.2, 0.25) is 0 Å². The van der Waals surface area contributed by atoms with Crippen LogP contribution in [-0.2, 0) is 4.74 Å². The molecule has 0 radical (unpaired) electrons. The van der Waals surface area contributed by atoms with Crippen LogP contribution in [0.25, 0.3) is 0 Å². The van der Waals surface area contributed by atoms with Gasteiger partial charge in [-0.15, -0.1) is 6.58 Å². The van der Waals surface area contributed by atoms with Gasteiger partial charge in [0.05, 0.1) is 6.10 Å². The molecule has 0 aliphatic carbocycles. The van der Waals surface area contributed by atoms with Crippen molar-refractivity contribution in [3.8, 4) is 0 Å². The Balaban J connectivity index is 2.19. The van der Waals surface area contributed by atoms with Gasteiger partial charge >= 0.3 is 0 Å². The van der Waals surface area contributed by atoms with Gasteiger partial charge < -0.3 is 4.74 Å². The minimum absolute atomic E-state index is 0.466. The Labute approximate surface area is 63.1 Å². The molecule has 0 spiro atoms. The molecule has 0 aromatic carbocycles. The summed E-state index contributed by atoms with van der Waals surface area (Å²) in [5.74, 6) is 0.765. The van der Waals surface area contributed by atoms with E-state index in [-0.39, 0.29) is 0 Å². The molecule has 1 heterocycles. The highest BCUT2D eigenvalue weighted by atomic mass is 16.5. The molecule has 1 nitrogen and oxygen atoms in total. The average Bonchev–Trinajstić information content (AvgIpc) is 1.95. The smallest absolute Gasteiger partial charge is 0.0609 e. The first-order valence-electron chi connectivity index (χ1n) is 4.05. The van der Waals surface area contributed by atoms with Crippen molar-refractivity contribution in [3.63, 3.8) is 0 Å². The van der Waals surface area contributed by atoms with Gasteiger partial charge in [-0.25, -0.2) is 0 Å². The molecule has 58 valence electrons. The fourth-order valence-electron chi connectivity index (χ4n) is 1.31. The van der Waals surface area contributed by atoms with E-state index >= 15 is 0 Å². The predicted molar refractivity (Wildman–Crippen MR) is 43.0 cm³/mol. The first-order valence-corrected chi connectivity index (χ1v) is 4.05. The standard InChI is InChI=1S/C9H16O/c1-3-4-9-6-5-8(2)7-10-9/h3,8-9H,1,4-7H2,2H3/t8-,9+/m0/s1. The van der Waals surface area contributed by atoms with Crippen molar-refractivity contribution in [2.24, 2.45) is 5.92 Å². The summed E-state index contributed by atoms with van der Waals surface area (Å²) in [5.41, 5.74) is 0. The second kappa shape index (κ2) is 3.77. The van der Waals surface area contributed by atoms with Gasteiger partial charge in [0.1, 0.15) is 0 Å². The minimum Gasteiger partial charge on any atom is -0.378 e. The first-order chi connectivity index (χ1) is 4.83. The van der Waals surface area contributed by atoms with Crippen LogP contribution in [0.5, 0.6) is 0 Å². The summed E-state index contributed by atoms with van der Waals surface area (Å²) in [4.78, 5) is 0. The van der Waals surface area contributed by atoms with E-state index in [4.69, 9.17) is 4.74 Å². The van der Waals surface area contributed by atoms with Crippen LogP contribution in [0.4, 0.5) is 0 Å². The first kappa shape index (κ1) is 7.80. The third-order valence-corrected chi connectivity index (χ3v) is 2.03. The highest BCUT2D eigenvalue weighted by Gasteiger charge is 2.16. The van der Waals surface area contributed by atoms with Crippen molar-refractivity contribution in [1.82, 2.24) is 0 Å². The normalized spacial score (nSPS) is 33.7. The maximum Gasteiger partial charge on any atom is 0.0609 e. The van der Waals surface area contributed by atoms with E-state index in [0.29, 0.717) is 6.10 Å². The van der Waals surface area contributed by atoms with Gasteiger partial charge in [-0.3, -0.25) is 0 Å². The fraction of sp³-hybridized carbons (Fsp3) is 0.778. The lowest BCUT2D eigenvalue weighted by molar-refractivity contribution is -0.00862. The summed E-state index contributed by atoms with van der Waals surface area (Å²) < 4.78 is 5.56. The van der Waals surface area contributed by atoms with E-state index in [9.17, 15) is 0 Å². The van der Waals surface area contributed by atoms with Gasteiger partial charge in [0.25, 0.3) is 0 Å². The molecule has 1 aliphatic rings. The molecule has 0 aromatic heterocycles. The molecule has 1 fully saturated rings. The van der Waals surface area contributed by atoms with Crippen LogP contribution in [0.2, 0.25) is 0 Å². The van der Waals surface area contributed by atoms with Gasteiger partial charge in [-0.2, -0.15) is 0 Å². The van der Waals surface area contributed by atoms with Crippen LogP contribution >= 0.6 is 0 Å². The van der Waals surface area contributed by atoms with Crippen LogP contribution in [0.1, 0.15) is 26.2 Å². The molecule has 1 saturated heterocycles. The number of ether oxygens (including phenoxy) is 1. The second-order valence-corrected chi connectivity index (χ2v) is 3.16. The molecule has 0 unspecified atom stereocenters. The highest BCUT2D eigenvalue weighted by Crippen LogP contribution is 2.20. The van der Waals surface area contributed by atoms with Crippen molar-refractivity contribution in [3.05, 3.63) is 12.7 Å². The maximum absolute atomic E-state index is 5.56. The molecule has 1 rings (SSSR count). The Hall–Kier alpha value is -0.300. The van der Waals surface area contributed by atoms with Crippen molar-refractivity contribution in [2.75, 3.05) is 6.61 Å². The SMILES string of the molecule is C=CC[C@@H]1CC[C@H](C)CO1. The van der Waals surface area contributed by atoms with Crippen LogP contribution in [0.15, 0.2) is 12.7 Å². The zero-order valence-corrected chi connectivity index (χ0v) is 6.68. The average molecular weight is 140 g/mol. The quantitative estimate of drug-likeness (QED) is 0.535. The second-order valence-electron chi connectivity index (χ2n) is 3.16. The topological polar surface area (TPSA) is 9.23 Å². The highest BCUT2D eigenvalue weighted by molar-refractivity contribution is 4.76. The van der Waals surface area contributed by atoms with Crippen molar-refractivity contribution in [1.29, 1.82) is 0 Å². The molecule has 0 N–H and O–H groups in total. The van der Waals surface area contributed by atoms with Crippen LogP contribution in [-0.4, -0.2) is 12.7 Å². The number of hydrogen-bond acceptors (Lipinski definition) is 1. The van der Waals surface area contributed by atoms with Crippen molar-refractivity contribution < 1.29 is 4.74 Å². The lowest BCUT2D eigenvalue weighted by Gasteiger charge is -2.25. The van der Waals surface area contributed by atoms with Gasteiger partial charge in [0, 0.05) is 6.61 Å². The summed E-state index contributed by atoms with van der Waals surface area (Å²) in [7, 11) is 0. The monoisotopic (exact) mass is 140 g/mol. The summed E-state index contributed by atoms with van der Waals surface area (Å²) in [6.07, 6.45) is 5.97. The molecule has 0 saturated carbocycles. The Bertz CT molecular complexity index is 101. The largest absolute Gasteiger partial charge is 0.378 e. The molecule has 0 amide bonds. The van der Waals surface area contributed by atoms with E-state index in [2.05, 4.69) is 13.5 Å². The lowest BCUT2D eigenvalue weighted by atomic mass is 9.99. The Morgan fingerprint density at radius 2 is 2.40 bits per heavy atom. The molecule has 1 aliphatic heterocycles. The molecule has 0 bridgehead atoms. The summed E-state index contributed by atoms with van der Waals surface area (Å²) in [5, 5.41) is 0. The molecule has 1 heteroatoms. The maximum atomic E-state index is 5.56. The predicted octanol–water partition coefficient (Wildman–Crippen LogP) is 2.38. The number of hydrogen-bond donors (Lipinski definition) is 0. The fourth-order valence-corrected chi connectivity index (χ4v) is 1.31. The molecular weight excluding hydrogens is 124 g/mol. The molecule has 10 heavy (non-hydrogen) atoms. The van der Waals surface area contributed by atoms with E-state index in [1.807, 2.05) is 6.08 Å². The summed E-state index contributed by atoms with van der Waals surface area (Å²) in [6, 6.07) is 0. The van der Waals surface area contributed by atoms with Crippen LogP contribution in [0, 0.1) is 5.92 Å². The zero-order valence-electron chi connectivity index (χ0n) is 6.68. The number of rotatable bonds is 2. The minimum atomic E-state index is 0.466. The Morgan fingerprint density at radius 1 is 1.60 bits per heavy atom.